The molecule has 0 unspecified atom stereocenters. The summed E-state index contributed by atoms with van der Waals surface area (Å²) >= 11 is 0. The quantitative estimate of drug-likeness (QED) is 0.266. The molecule has 2 rings (SSSR count). The average molecular weight is 562 g/mol. The summed E-state index contributed by atoms with van der Waals surface area (Å²) in [6.07, 6.45) is 0. The maximum atomic E-state index is 9.01. The van der Waals surface area contributed by atoms with E-state index in [1.165, 1.54) is 5.56 Å². The van der Waals surface area contributed by atoms with Gasteiger partial charge in [-0.1, -0.05) is 36.4 Å². The highest BCUT2D eigenvalue weighted by molar-refractivity contribution is 6.90. The normalized spacial score (nSPS) is 13.5. The first-order chi connectivity index (χ1) is 15.8. The van der Waals surface area contributed by atoms with E-state index in [4.69, 9.17) is 21.7 Å². The molecule has 10 heteroatoms. The van der Waals surface area contributed by atoms with E-state index in [9.17, 15) is 0 Å². The number of nitriles is 1. The molecule has 0 fully saturated rings. The fraction of sp³-hybridized carbons (Fsp3) is 0.480. The number of rotatable bonds is 11. The number of hydrogen-bond donors (Lipinski definition) is 0. The van der Waals surface area contributed by atoms with Gasteiger partial charge in [-0.15, -0.1) is 0 Å². The fourth-order valence-electron chi connectivity index (χ4n) is 4.73. The van der Waals surface area contributed by atoms with Gasteiger partial charge < -0.3 is 16.5 Å². The second kappa shape index (κ2) is 11.1. The lowest BCUT2D eigenvalue weighted by Crippen LogP contribution is -2.58. The van der Waals surface area contributed by atoms with Crippen LogP contribution in [0.25, 0.3) is 11.1 Å². The van der Waals surface area contributed by atoms with Gasteiger partial charge in [-0.3, -0.25) is 0 Å². The van der Waals surface area contributed by atoms with Crippen LogP contribution in [0.2, 0.25) is 72.0 Å². The van der Waals surface area contributed by atoms with E-state index in [0.717, 1.165) is 17.2 Å². The second-order valence-corrected chi connectivity index (χ2v) is 31.8. The van der Waals surface area contributed by atoms with Crippen molar-refractivity contribution in [2.75, 3.05) is 0 Å². The van der Waals surface area contributed by atoms with Crippen LogP contribution >= 0.6 is 0 Å². The van der Waals surface area contributed by atoms with Crippen LogP contribution in [0.5, 0.6) is 0 Å². The van der Waals surface area contributed by atoms with Crippen LogP contribution < -0.4 is 0 Å². The molecule has 0 spiro atoms. The van der Waals surface area contributed by atoms with Crippen molar-refractivity contribution in [1.29, 1.82) is 5.26 Å². The largest absolute Gasteiger partial charge is 0.437 e. The van der Waals surface area contributed by atoms with Gasteiger partial charge in [-0.05, 0) is 107 Å². The summed E-state index contributed by atoms with van der Waals surface area (Å²) < 4.78 is 26.4. The van der Waals surface area contributed by atoms with Crippen LogP contribution in [0, 0.1) is 11.3 Å². The van der Waals surface area contributed by atoms with Gasteiger partial charge in [0.2, 0.25) is 0 Å². The van der Waals surface area contributed by atoms with Crippen molar-refractivity contribution in [2.24, 2.45) is 0 Å². The van der Waals surface area contributed by atoms with Crippen LogP contribution in [0.4, 0.5) is 0 Å². The first kappa shape index (κ1) is 30.1. The van der Waals surface area contributed by atoms with Crippen LogP contribution in [0.1, 0.15) is 11.1 Å². The maximum absolute atomic E-state index is 9.01. The Labute approximate surface area is 218 Å². The standard InChI is InChI=1S/C25H43NO4Si5/c1-31(2,3)27-33(6,7)29-35(10,11)30-34(8,9)28-32(4,5)21-23-14-18-25(19-15-23)24-16-12-22(20-26)13-17-24/h12-19H,21H2,1-11H3. The zero-order valence-electron chi connectivity index (χ0n) is 23.4. The molecule has 0 aromatic heterocycles. The SMILES string of the molecule is C[Si](C)(C)O[Si](C)(C)O[Si](C)(C)O[Si](C)(C)O[Si](C)(C)Cc1ccc(-c2ccc(C#N)cc2)cc1. The van der Waals surface area contributed by atoms with E-state index in [1.54, 1.807) is 0 Å². The Kier molecular flexibility index (Phi) is 9.52. The van der Waals surface area contributed by atoms with E-state index in [-0.39, 0.29) is 0 Å². The molecular formula is C25H43NO4Si5. The average Bonchev–Trinajstić information content (AvgIpc) is 2.63. The van der Waals surface area contributed by atoms with E-state index in [2.05, 4.69) is 102 Å². The van der Waals surface area contributed by atoms with E-state index < -0.39 is 42.3 Å². The molecule has 5 nitrogen and oxygen atoms in total. The van der Waals surface area contributed by atoms with Crippen molar-refractivity contribution in [3.05, 3.63) is 59.7 Å². The molecule has 2 aromatic rings. The molecule has 0 radical (unpaired) electrons. The Balaban J connectivity index is 2.03. The molecule has 0 aliphatic rings. The summed E-state index contributed by atoms with van der Waals surface area (Å²) in [6, 6.07) is 19.5. The molecule has 0 saturated carbocycles. The maximum Gasteiger partial charge on any atom is 0.314 e. The highest BCUT2D eigenvalue weighted by Crippen LogP contribution is 2.28. The summed E-state index contributed by atoms with van der Waals surface area (Å²) in [5.41, 5.74) is 4.21. The highest BCUT2D eigenvalue weighted by atomic mass is 28.5. The lowest BCUT2D eigenvalue weighted by atomic mass is 10.0. The lowest BCUT2D eigenvalue weighted by Gasteiger charge is -2.42. The zero-order chi connectivity index (χ0) is 26.7. The molecule has 192 valence electrons. The Bertz CT molecular complexity index is 1020. The predicted octanol–water partition coefficient (Wildman–Crippen LogP) is 7.52. The van der Waals surface area contributed by atoms with Gasteiger partial charge in [-0.25, -0.2) is 0 Å². The third-order valence-electron chi connectivity index (χ3n) is 4.99. The molecule has 0 heterocycles. The molecule has 0 N–H and O–H groups in total. The van der Waals surface area contributed by atoms with Crippen molar-refractivity contribution >= 4 is 42.3 Å². The van der Waals surface area contributed by atoms with Gasteiger partial charge in [-0.2, -0.15) is 5.26 Å². The molecule has 0 bridgehead atoms. The van der Waals surface area contributed by atoms with Crippen LogP contribution in [0.15, 0.2) is 48.5 Å². The third kappa shape index (κ3) is 10.8. The molecule has 2 aromatic carbocycles. The first-order valence-electron chi connectivity index (χ1n) is 12.2. The summed E-state index contributed by atoms with van der Waals surface area (Å²) in [5.74, 6) is 0. The van der Waals surface area contributed by atoms with Gasteiger partial charge in [0.15, 0.2) is 16.6 Å². The van der Waals surface area contributed by atoms with Crippen LogP contribution in [0.3, 0.4) is 0 Å². The minimum Gasteiger partial charge on any atom is -0.437 e. The molecule has 0 amide bonds. The fourth-order valence-corrected chi connectivity index (χ4v) is 28.6. The number of hydrogen-bond acceptors (Lipinski definition) is 5. The molecule has 35 heavy (non-hydrogen) atoms. The minimum absolute atomic E-state index is 0.676. The van der Waals surface area contributed by atoms with E-state index >= 15 is 0 Å². The summed E-state index contributed by atoms with van der Waals surface area (Å²) in [6.45, 7) is 23.9. The Morgan fingerprint density at radius 1 is 0.571 bits per heavy atom. The third-order valence-corrected chi connectivity index (χ3v) is 22.7. The molecule has 0 saturated heterocycles. The lowest BCUT2D eigenvalue weighted by molar-refractivity contribution is 0.299. The predicted molar refractivity (Wildman–Crippen MR) is 158 cm³/mol. The van der Waals surface area contributed by atoms with Crippen LogP contribution in [-0.4, -0.2) is 42.3 Å². The van der Waals surface area contributed by atoms with E-state index in [1.807, 2.05) is 24.3 Å². The number of nitrogens with zero attached hydrogens (tertiary/aromatic N) is 1. The Morgan fingerprint density at radius 3 is 1.40 bits per heavy atom. The monoisotopic (exact) mass is 561 g/mol. The molecule has 0 aliphatic carbocycles. The zero-order valence-corrected chi connectivity index (χ0v) is 28.4. The topological polar surface area (TPSA) is 60.7 Å². The van der Waals surface area contributed by atoms with Gasteiger partial charge in [0.1, 0.15) is 0 Å². The molecule has 0 atom stereocenters. The van der Waals surface area contributed by atoms with Crippen molar-refractivity contribution in [3.63, 3.8) is 0 Å². The highest BCUT2D eigenvalue weighted by Gasteiger charge is 2.45. The van der Waals surface area contributed by atoms with E-state index in [0.29, 0.717) is 5.56 Å². The van der Waals surface area contributed by atoms with Gasteiger partial charge in [0.25, 0.3) is 0 Å². The second-order valence-electron chi connectivity index (χ2n) is 12.0. The first-order valence-corrected chi connectivity index (χ1v) is 27.2. The Morgan fingerprint density at radius 2 is 0.971 bits per heavy atom. The van der Waals surface area contributed by atoms with Crippen molar-refractivity contribution in [2.45, 2.75) is 78.1 Å². The summed E-state index contributed by atoms with van der Waals surface area (Å²) in [5, 5.41) is 9.01. The summed E-state index contributed by atoms with van der Waals surface area (Å²) in [7, 11) is -10.8. The van der Waals surface area contributed by atoms with Crippen molar-refractivity contribution < 1.29 is 16.5 Å². The van der Waals surface area contributed by atoms with Gasteiger partial charge >= 0.3 is 25.7 Å². The van der Waals surface area contributed by atoms with Crippen LogP contribution in [-0.2, 0) is 22.5 Å². The van der Waals surface area contributed by atoms with Crippen molar-refractivity contribution in [1.82, 2.24) is 0 Å². The Hall–Kier alpha value is -1.15. The number of benzene rings is 2. The summed E-state index contributed by atoms with van der Waals surface area (Å²) in [4.78, 5) is 0. The molecular weight excluding hydrogens is 519 g/mol. The van der Waals surface area contributed by atoms with Gasteiger partial charge in [0.05, 0.1) is 11.6 Å². The molecule has 0 aliphatic heterocycles. The van der Waals surface area contributed by atoms with Crippen molar-refractivity contribution in [3.8, 4) is 17.2 Å². The minimum atomic E-state index is -2.42. The smallest absolute Gasteiger partial charge is 0.314 e. The van der Waals surface area contributed by atoms with Gasteiger partial charge in [0, 0.05) is 0 Å².